The molecule has 2 unspecified atom stereocenters. The van der Waals surface area contributed by atoms with Crippen LogP contribution in [0.4, 0.5) is 0 Å². The second-order valence-electron chi connectivity index (χ2n) is 29.9. The van der Waals surface area contributed by atoms with E-state index in [0.717, 1.165) is 108 Å². The molecule has 5 atom stereocenters. The van der Waals surface area contributed by atoms with Crippen molar-refractivity contribution in [2.75, 3.05) is 39.6 Å². The number of hydrogen-bond acceptors (Lipinski definition) is 15. The van der Waals surface area contributed by atoms with Gasteiger partial charge in [0.15, 0.2) is 12.2 Å². The Morgan fingerprint density at radius 2 is 0.469 bits per heavy atom. The summed E-state index contributed by atoms with van der Waals surface area (Å²) >= 11 is 0. The van der Waals surface area contributed by atoms with Crippen molar-refractivity contribution in [2.24, 2.45) is 17.8 Å². The lowest BCUT2D eigenvalue weighted by molar-refractivity contribution is -0.161. The molecule has 0 aromatic heterocycles. The molecule has 582 valence electrons. The highest BCUT2D eigenvalue weighted by molar-refractivity contribution is 7.47. The summed E-state index contributed by atoms with van der Waals surface area (Å²) in [6.45, 7) is 11.9. The first kappa shape index (κ1) is 96.1. The third-order valence-corrected chi connectivity index (χ3v) is 20.3. The Bertz CT molecular complexity index is 1900. The van der Waals surface area contributed by atoms with E-state index in [0.29, 0.717) is 25.7 Å². The highest BCUT2D eigenvalue weighted by atomic mass is 31.2. The smallest absolute Gasteiger partial charge is 0.462 e. The predicted molar refractivity (Wildman–Crippen MR) is 400 cm³/mol. The summed E-state index contributed by atoms with van der Waals surface area (Å²) in [6.07, 6.45) is 57.0. The van der Waals surface area contributed by atoms with Crippen LogP contribution < -0.4 is 0 Å². The van der Waals surface area contributed by atoms with Gasteiger partial charge in [0.2, 0.25) is 0 Å². The number of carbonyl (C=O) groups is 4. The Kier molecular flexibility index (Phi) is 68.1. The standard InChI is InChI=1S/C79H154O17P2/c1-8-9-10-11-12-13-14-15-16-17-18-19-20-21-22-25-33-41-48-55-62-78(83)95-74(66-89-76(81)60-53-46-39-32-26-23-24-29-36-43-50-57-70(2)3)68-93-97(85,86)91-64-73(80)65-92-98(87,88)94-69-75(96-79(84)63-56-49-42-35-28-31-38-45-52-59-72(6)7)67-90-77(82)61-54-47-40-34-27-30-37-44-51-58-71(4)5/h70-75,80H,8-69H2,1-7H3,(H,85,86)(H,87,88)/t73-,74-,75-/m1/s1. The van der Waals surface area contributed by atoms with Crippen molar-refractivity contribution in [3.8, 4) is 0 Å². The van der Waals surface area contributed by atoms with Crippen LogP contribution in [0.3, 0.4) is 0 Å². The number of hydrogen-bond donors (Lipinski definition) is 3. The maximum atomic E-state index is 13.1. The molecule has 0 radical (unpaired) electrons. The summed E-state index contributed by atoms with van der Waals surface area (Å²) < 4.78 is 68.6. The summed E-state index contributed by atoms with van der Waals surface area (Å²) in [5.74, 6) is 0.136. The lowest BCUT2D eigenvalue weighted by Crippen LogP contribution is -2.30. The number of aliphatic hydroxyl groups excluding tert-OH is 1. The molecule has 98 heavy (non-hydrogen) atoms. The van der Waals surface area contributed by atoms with Crippen LogP contribution in [0, 0.1) is 17.8 Å². The number of rotatable bonds is 77. The largest absolute Gasteiger partial charge is 0.472 e. The third-order valence-electron chi connectivity index (χ3n) is 18.4. The minimum atomic E-state index is -4.96. The second-order valence-corrected chi connectivity index (χ2v) is 32.8. The molecule has 0 aromatic carbocycles. The van der Waals surface area contributed by atoms with Crippen molar-refractivity contribution in [1.82, 2.24) is 0 Å². The van der Waals surface area contributed by atoms with Crippen LogP contribution in [0.1, 0.15) is 408 Å². The number of phosphoric acid groups is 2. The minimum absolute atomic E-state index is 0.105. The first-order chi connectivity index (χ1) is 47.2. The molecular formula is C79H154O17P2. The molecule has 19 heteroatoms. The van der Waals surface area contributed by atoms with E-state index in [1.165, 1.54) is 218 Å². The summed E-state index contributed by atoms with van der Waals surface area (Å²) in [5.41, 5.74) is 0. The fourth-order valence-corrected chi connectivity index (χ4v) is 13.7. The number of unbranched alkanes of at least 4 members (excludes halogenated alkanes) is 45. The first-order valence-corrected chi connectivity index (χ1v) is 43.8. The molecule has 0 spiro atoms. The second kappa shape index (κ2) is 69.4. The number of ether oxygens (including phenoxy) is 4. The molecule has 0 aromatic rings. The molecule has 0 aliphatic heterocycles. The van der Waals surface area contributed by atoms with E-state index >= 15 is 0 Å². The highest BCUT2D eigenvalue weighted by Gasteiger charge is 2.30. The predicted octanol–water partition coefficient (Wildman–Crippen LogP) is 23.4. The molecule has 0 heterocycles. The maximum Gasteiger partial charge on any atom is 0.472 e. The Morgan fingerprint density at radius 1 is 0.276 bits per heavy atom. The Hall–Kier alpha value is -1.94. The molecule has 0 aliphatic carbocycles. The highest BCUT2D eigenvalue weighted by Crippen LogP contribution is 2.45. The van der Waals surface area contributed by atoms with Gasteiger partial charge in [0.25, 0.3) is 0 Å². The van der Waals surface area contributed by atoms with Gasteiger partial charge < -0.3 is 33.8 Å². The summed E-state index contributed by atoms with van der Waals surface area (Å²) in [5, 5.41) is 10.6. The van der Waals surface area contributed by atoms with Crippen LogP contribution in [0.25, 0.3) is 0 Å². The number of aliphatic hydroxyl groups is 1. The fraction of sp³-hybridized carbons (Fsp3) is 0.949. The lowest BCUT2D eigenvalue weighted by atomic mass is 10.0. The summed E-state index contributed by atoms with van der Waals surface area (Å²) in [6, 6.07) is 0. The zero-order valence-corrected chi connectivity index (χ0v) is 66.0. The van der Waals surface area contributed by atoms with E-state index in [-0.39, 0.29) is 25.7 Å². The van der Waals surface area contributed by atoms with Crippen LogP contribution in [-0.2, 0) is 65.4 Å². The molecule has 17 nitrogen and oxygen atoms in total. The van der Waals surface area contributed by atoms with E-state index in [2.05, 4.69) is 48.5 Å². The molecule has 0 amide bonds. The molecule has 0 rings (SSSR count). The minimum Gasteiger partial charge on any atom is -0.462 e. The first-order valence-electron chi connectivity index (χ1n) is 40.8. The van der Waals surface area contributed by atoms with Gasteiger partial charge in [-0.3, -0.25) is 37.3 Å². The average Bonchev–Trinajstić information content (AvgIpc) is 1.02. The quantitative estimate of drug-likeness (QED) is 0.0222. The number of esters is 4. The van der Waals surface area contributed by atoms with E-state index in [1.54, 1.807) is 0 Å². The monoisotopic (exact) mass is 1440 g/mol. The van der Waals surface area contributed by atoms with E-state index < -0.39 is 97.5 Å². The maximum absolute atomic E-state index is 13.1. The Balaban J connectivity index is 5.24. The number of phosphoric ester groups is 2. The van der Waals surface area contributed by atoms with Crippen LogP contribution in [-0.4, -0.2) is 96.7 Å². The van der Waals surface area contributed by atoms with Crippen LogP contribution in [0.5, 0.6) is 0 Å². The van der Waals surface area contributed by atoms with Crippen molar-refractivity contribution in [3.63, 3.8) is 0 Å². The molecule has 0 fully saturated rings. The summed E-state index contributed by atoms with van der Waals surface area (Å²) in [4.78, 5) is 72.9. The Labute approximate surface area is 600 Å². The SMILES string of the molecule is CCCCCCCCCCCCCCCCCCCCCCC(=O)O[C@H](COC(=O)CCCCCCCCCCCCCC(C)C)COP(=O)(O)OC[C@@H](O)COP(=O)(O)OC[C@@H](COC(=O)CCCCCCCCCCCC(C)C)OC(=O)CCCCCCCCCCCC(C)C. The molecule has 3 N–H and O–H groups in total. The lowest BCUT2D eigenvalue weighted by Gasteiger charge is -2.21. The Morgan fingerprint density at radius 3 is 0.694 bits per heavy atom. The van der Waals surface area contributed by atoms with Gasteiger partial charge in [-0.1, -0.05) is 357 Å². The van der Waals surface area contributed by atoms with E-state index in [9.17, 15) is 43.2 Å². The summed E-state index contributed by atoms with van der Waals surface area (Å²) in [7, 11) is -9.92. The van der Waals surface area contributed by atoms with Gasteiger partial charge in [-0.05, 0) is 43.4 Å². The molecule has 0 saturated heterocycles. The zero-order valence-electron chi connectivity index (χ0n) is 64.3. The van der Waals surface area contributed by atoms with Crippen molar-refractivity contribution in [3.05, 3.63) is 0 Å². The molecule has 0 bridgehead atoms. The van der Waals surface area contributed by atoms with Crippen LogP contribution in [0.2, 0.25) is 0 Å². The third kappa shape index (κ3) is 72.4. The van der Waals surface area contributed by atoms with Gasteiger partial charge in [0.1, 0.15) is 19.3 Å². The van der Waals surface area contributed by atoms with Crippen molar-refractivity contribution in [1.29, 1.82) is 0 Å². The van der Waals surface area contributed by atoms with Gasteiger partial charge in [-0.2, -0.15) is 0 Å². The van der Waals surface area contributed by atoms with Gasteiger partial charge in [0.05, 0.1) is 26.4 Å². The fourth-order valence-electron chi connectivity index (χ4n) is 12.1. The van der Waals surface area contributed by atoms with E-state index in [4.69, 9.17) is 37.0 Å². The van der Waals surface area contributed by atoms with Gasteiger partial charge >= 0.3 is 39.5 Å². The van der Waals surface area contributed by atoms with Gasteiger partial charge in [-0.15, -0.1) is 0 Å². The van der Waals surface area contributed by atoms with Crippen molar-refractivity contribution < 1.29 is 80.2 Å². The van der Waals surface area contributed by atoms with Crippen LogP contribution >= 0.6 is 15.6 Å². The van der Waals surface area contributed by atoms with Crippen molar-refractivity contribution >= 4 is 39.5 Å². The zero-order chi connectivity index (χ0) is 72.3. The molecule has 0 saturated carbocycles. The van der Waals surface area contributed by atoms with E-state index in [1.807, 2.05) is 0 Å². The van der Waals surface area contributed by atoms with Gasteiger partial charge in [-0.25, -0.2) is 9.13 Å². The molecule has 0 aliphatic rings. The normalized spacial score (nSPS) is 14.0. The topological polar surface area (TPSA) is 237 Å². The van der Waals surface area contributed by atoms with Crippen LogP contribution in [0.15, 0.2) is 0 Å². The average molecular weight is 1440 g/mol. The van der Waals surface area contributed by atoms with Gasteiger partial charge in [0, 0.05) is 25.7 Å². The molecular weight excluding hydrogens is 1280 g/mol. The van der Waals surface area contributed by atoms with Crippen molar-refractivity contribution in [2.45, 2.75) is 426 Å². The number of carbonyl (C=O) groups excluding carboxylic acids is 4.